The van der Waals surface area contributed by atoms with E-state index in [-0.39, 0.29) is 10.4 Å². The number of halogens is 5. The van der Waals surface area contributed by atoms with Gasteiger partial charge in [0.25, 0.3) is 5.91 Å². The van der Waals surface area contributed by atoms with E-state index in [4.69, 9.17) is 11.6 Å². The Hall–Kier alpha value is -1.12. The van der Waals surface area contributed by atoms with Crippen molar-refractivity contribution in [2.75, 3.05) is 5.32 Å². The lowest BCUT2D eigenvalue weighted by molar-refractivity contribution is 0.102. The second kappa shape index (κ2) is 6.11. The first-order valence-corrected chi connectivity index (χ1v) is 6.99. The summed E-state index contributed by atoms with van der Waals surface area (Å²) >= 11 is 11.6. The van der Waals surface area contributed by atoms with Gasteiger partial charge in [-0.1, -0.05) is 11.6 Å². The molecule has 2 aromatic rings. The summed E-state index contributed by atoms with van der Waals surface area (Å²) in [6.07, 6.45) is 1.35. The predicted molar refractivity (Wildman–Crippen MR) is 76.8 cm³/mol. The first kappa shape index (κ1) is 15.3. The Labute approximate surface area is 133 Å². The van der Waals surface area contributed by atoms with E-state index < -0.39 is 28.1 Å². The van der Waals surface area contributed by atoms with Crippen LogP contribution in [0.4, 0.5) is 14.6 Å². The van der Waals surface area contributed by atoms with Crippen LogP contribution in [0.25, 0.3) is 0 Å². The summed E-state index contributed by atoms with van der Waals surface area (Å²) in [5.41, 5.74) is -0.483. The lowest BCUT2D eigenvalue weighted by atomic mass is 10.2. The number of hydrogen-bond donors (Lipinski definition) is 1. The SMILES string of the molecule is O=C(Nc1ncc(Br)nc1Br)c1cc(F)c(Cl)cc1F. The molecule has 0 spiro atoms. The Morgan fingerprint density at radius 2 is 1.95 bits per heavy atom. The van der Waals surface area contributed by atoms with E-state index in [1.165, 1.54) is 6.20 Å². The number of benzene rings is 1. The lowest BCUT2D eigenvalue weighted by Gasteiger charge is -2.07. The zero-order valence-electron chi connectivity index (χ0n) is 9.42. The summed E-state index contributed by atoms with van der Waals surface area (Å²) in [5, 5.41) is 1.91. The molecule has 0 fully saturated rings. The van der Waals surface area contributed by atoms with Gasteiger partial charge in [0.2, 0.25) is 0 Å². The topological polar surface area (TPSA) is 54.9 Å². The van der Waals surface area contributed by atoms with Crippen LogP contribution in [0.5, 0.6) is 0 Å². The van der Waals surface area contributed by atoms with E-state index in [0.717, 1.165) is 6.07 Å². The van der Waals surface area contributed by atoms with Crippen molar-refractivity contribution in [3.63, 3.8) is 0 Å². The number of rotatable bonds is 2. The van der Waals surface area contributed by atoms with Crippen LogP contribution < -0.4 is 5.32 Å². The molecule has 104 valence electrons. The molecule has 0 saturated heterocycles. The third kappa shape index (κ3) is 3.31. The monoisotopic (exact) mass is 425 g/mol. The van der Waals surface area contributed by atoms with Gasteiger partial charge in [-0.05, 0) is 44.0 Å². The first-order chi connectivity index (χ1) is 9.38. The molecule has 0 aliphatic carbocycles. The Balaban J connectivity index is 2.31. The highest BCUT2D eigenvalue weighted by atomic mass is 79.9. The molecule has 1 aromatic heterocycles. The van der Waals surface area contributed by atoms with E-state index in [0.29, 0.717) is 10.7 Å². The Morgan fingerprint density at radius 3 is 2.60 bits per heavy atom. The Bertz CT molecular complexity index is 700. The summed E-state index contributed by atoms with van der Waals surface area (Å²) < 4.78 is 27.5. The normalized spacial score (nSPS) is 10.4. The third-order valence-electron chi connectivity index (χ3n) is 2.19. The molecule has 20 heavy (non-hydrogen) atoms. The average Bonchev–Trinajstić information content (AvgIpc) is 2.37. The van der Waals surface area contributed by atoms with E-state index in [1.54, 1.807) is 0 Å². The van der Waals surface area contributed by atoms with Gasteiger partial charge in [0, 0.05) is 0 Å². The van der Waals surface area contributed by atoms with Gasteiger partial charge in [-0.2, -0.15) is 0 Å². The van der Waals surface area contributed by atoms with E-state index in [9.17, 15) is 13.6 Å². The first-order valence-electron chi connectivity index (χ1n) is 5.02. The standard InChI is InChI=1S/C11H4Br2ClF2N3O/c12-8-3-17-10(9(13)18-8)19-11(20)4-1-7(16)5(14)2-6(4)15/h1-3H,(H,17,19,20). The number of carbonyl (C=O) groups excluding carboxylic acids is 1. The number of anilines is 1. The highest BCUT2D eigenvalue weighted by Crippen LogP contribution is 2.22. The molecule has 1 aromatic carbocycles. The minimum Gasteiger partial charge on any atom is -0.304 e. The number of nitrogens with one attached hydrogen (secondary N) is 1. The highest BCUT2D eigenvalue weighted by Gasteiger charge is 2.17. The third-order valence-corrected chi connectivity index (χ3v) is 3.41. The minimum absolute atomic E-state index is 0.0768. The second-order valence-electron chi connectivity index (χ2n) is 3.53. The fourth-order valence-electron chi connectivity index (χ4n) is 1.30. The molecular formula is C11H4Br2ClF2N3O. The van der Waals surface area contributed by atoms with Crippen molar-refractivity contribution in [1.82, 2.24) is 9.97 Å². The van der Waals surface area contributed by atoms with Gasteiger partial charge in [-0.15, -0.1) is 0 Å². The van der Waals surface area contributed by atoms with Crippen LogP contribution in [-0.4, -0.2) is 15.9 Å². The summed E-state index contributed by atoms with van der Waals surface area (Å²) in [5.74, 6) is -2.61. The summed E-state index contributed by atoms with van der Waals surface area (Å²) in [6, 6.07) is 1.45. The molecular weight excluding hydrogens is 423 g/mol. The summed E-state index contributed by atoms with van der Waals surface area (Å²) in [4.78, 5) is 19.7. The number of carbonyl (C=O) groups is 1. The maximum absolute atomic E-state index is 13.6. The minimum atomic E-state index is -0.935. The molecule has 0 saturated carbocycles. The maximum Gasteiger partial charge on any atom is 0.259 e. The molecule has 0 aliphatic rings. The highest BCUT2D eigenvalue weighted by molar-refractivity contribution is 9.11. The van der Waals surface area contributed by atoms with Crippen molar-refractivity contribution in [3.05, 3.63) is 49.8 Å². The molecule has 1 N–H and O–H groups in total. The van der Waals surface area contributed by atoms with Gasteiger partial charge in [0.15, 0.2) is 5.82 Å². The van der Waals surface area contributed by atoms with Crippen molar-refractivity contribution >= 4 is 55.2 Å². The van der Waals surface area contributed by atoms with Gasteiger partial charge < -0.3 is 5.32 Å². The largest absolute Gasteiger partial charge is 0.304 e. The van der Waals surface area contributed by atoms with Crippen LogP contribution >= 0.6 is 43.5 Å². The molecule has 9 heteroatoms. The Morgan fingerprint density at radius 1 is 1.25 bits per heavy atom. The molecule has 0 bridgehead atoms. The molecule has 0 aliphatic heterocycles. The molecule has 2 rings (SSSR count). The van der Waals surface area contributed by atoms with Crippen molar-refractivity contribution < 1.29 is 13.6 Å². The molecule has 4 nitrogen and oxygen atoms in total. The van der Waals surface area contributed by atoms with Gasteiger partial charge in [-0.3, -0.25) is 4.79 Å². The number of nitrogens with zero attached hydrogens (tertiary/aromatic N) is 2. The van der Waals surface area contributed by atoms with Crippen LogP contribution in [0.15, 0.2) is 27.5 Å². The number of aromatic nitrogens is 2. The van der Waals surface area contributed by atoms with Crippen molar-refractivity contribution in [1.29, 1.82) is 0 Å². The molecule has 1 amide bonds. The summed E-state index contributed by atoms with van der Waals surface area (Å²) in [7, 11) is 0. The maximum atomic E-state index is 13.6. The molecule has 0 atom stereocenters. The van der Waals surface area contributed by atoms with Crippen molar-refractivity contribution in [2.24, 2.45) is 0 Å². The van der Waals surface area contributed by atoms with E-state index in [1.807, 2.05) is 0 Å². The quantitative estimate of drug-likeness (QED) is 0.732. The van der Waals surface area contributed by atoms with Crippen LogP contribution in [-0.2, 0) is 0 Å². The zero-order valence-corrected chi connectivity index (χ0v) is 13.4. The molecule has 0 unspecified atom stereocenters. The predicted octanol–water partition coefficient (Wildman–Crippen LogP) is 4.19. The van der Waals surface area contributed by atoms with Crippen LogP contribution in [0.1, 0.15) is 10.4 Å². The molecule has 1 heterocycles. The zero-order chi connectivity index (χ0) is 14.9. The van der Waals surface area contributed by atoms with Crippen LogP contribution in [0.3, 0.4) is 0 Å². The number of amides is 1. The van der Waals surface area contributed by atoms with Crippen LogP contribution in [0, 0.1) is 11.6 Å². The van der Waals surface area contributed by atoms with E-state index in [2.05, 4.69) is 47.1 Å². The smallest absolute Gasteiger partial charge is 0.259 e. The van der Waals surface area contributed by atoms with Gasteiger partial charge in [-0.25, -0.2) is 18.7 Å². The Kier molecular flexibility index (Phi) is 4.66. The average molecular weight is 427 g/mol. The van der Waals surface area contributed by atoms with Crippen LogP contribution in [0.2, 0.25) is 5.02 Å². The van der Waals surface area contributed by atoms with Gasteiger partial charge >= 0.3 is 0 Å². The summed E-state index contributed by atoms with van der Waals surface area (Å²) in [6.45, 7) is 0. The fourth-order valence-corrected chi connectivity index (χ4v) is 2.36. The second-order valence-corrected chi connectivity index (χ2v) is 5.50. The van der Waals surface area contributed by atoms with Crippen molar-refractivity contribution in [3.8, 4) is 0 Å². The molecule has 0 radical (unpaired) electrons. The van der Waals surface area contributed by atoms with E-state index >= 15 is 0 Å². The lowest BCUT2D eigenvalue weighted by Crippen LogP contribution is -2.16. The number of hydrogen-bond acceptors (Lipinski definition) is 3. The van der Waals surface area contributed by atoms with Gasteiger partial charge in [0.1, 0.15) is 20.8 Å². The van der Waals surface area contributed by atoms with Crippen molar-refractivity contribution in [2.45, 2.75) is 0 Å². The van der Waals surface area contributed by atoms with Gasteiger partial charge in [0.05, 0.1) is 16.8 Å². The fraction of sp³-hybridized carbons (Fsp3) is 0.